The van der Waals surface area contributed by atoms with Crippen LogP contribution in [0.3, 0.4) is 0 Å². The molecule has 1 aromatic rings. The third-order valence-electron chi connectivity index (χ3n) is 3.48. The van der Waals surface area contributed by atoms with Gasteiger partial charge in [-0.2, -0.15) is 0 Å². The van der Waals surface area contributed by atoms with Crippen molar-refractivity contribution < 1.29 is 5.11 Å². The molecule has 0 spiro atoms. The maximum atomic E-state index is 10.7. The normalized spacial score (nSPS) is 19.4. The number of benzene rings is 1. The van der Waals surface area contributed by atoms with Crippen LogP contribution in [0.2, 0.25) is 0 Å². The minimum Gasteiger partial charge on any atom is -0.385 e. The van der Waals surface area contributed by atoms with Gasteiger partial charge in [0.1, 0.15) is 0 Å². The van der Waals surface area contributed by atoms with Gasteiger partial charge in [0.15, 0.2) is 0 Å². The average molecular weight is 219 g/mol. The molecule has 2 heteroatoms. The SMILES string of the molecule is CCNc1ccccc1C1(O)CCCCC1. The molecule has 0 radical (unpaired) electrons. The first-order valence-corrected chi connectivity index (χ1v) is 6.32. The predicted molar refractivity (Wildman–Crippen MR) is 67.6 cm³/mol. The molecule has 1 aliphatic carbocycles. The van der Waals surface area contributed by atoms with Gasteiger partial charge in [-0.05, 0) is 25.8 Å². The zero-order chi connectivity index (χ0) is 11.4. The van der Waals surface area contributed by atoms with E-state index >= 15 is 0 Å². The van der Waals surface area contributed by atoms with Crippen molar-refractivity contribution in [2.75, 3.05) is 11.9 Å². The monoisotopic (exact) mass is 219 g/mol. The lowest BCUT2D eigenvalue weighted by molar-refractivity contribution is 0.0000224. The third-order valence-corrected chi connectivity index (χ3v) is 3.48. The molecule has 1 fully saturated rings. The molecule has 0 unspecified atom stereocenters. The smallest absolute Gasteiger partial charge is 0.0916 e. The van der Waals surface area contributed by atoms with Gasteiger partial charge in [-0.1, -0.05) is 37.5 Å². The van der Waals surface area contributed by atoms with Crippen molar-refractivity contribution in [3.05, 3.63) is 29.8 Å². The van der Waals surface area contributed by atoms with Crippen molar-refractivity contribution in [1.29, 1.82) is 0 Å². The van der Waals surface area contributed by atoms with Crippen molar-refractivity contribution in [2.45, 2.75) is 44.6 Å². The first-order chi connectivity index (χ1) is 7.76. The fourth-order valence-electron chi connectivity index (χ4n) is 2.64. The lowest BCUT2D eigenvalue weighted by atomic mass is 9.79. The number of anilines is 1. The van der Waals surface area contributed by atoms with Gasteiger partial charge in [-0.25, -0.2) is 0 Å². The topological polar surface area (TPSA) is 32.3 Å². The van der Waals surface area contributed by atoms with Gasteiger partial charge in [0.2, 0.25) is 0 Å². The third kappa shape index (κ3) is 2.22. The number of nitrogens with one attached hydrogen (secondary N) is 1. The molecule has 1 aromatic carbocycles. The van der Waals surface area contributed by atoms with Crippen molar-refractivity contribution >= 4 is 5.69 Å². The Hall–Kier alpha value is -1.02. The summed E-state index contributed by atoms with van der Waals surface area (Å²) < 4.78 is 0. The lowest BCUT2D eigenvalue weighted by Crippen LogP contribution is -2.29. The number of para-hydroxylation sites is 1. The summed E-state index contributed by atoms with van der Waals surface area (Å²) in [6.07, 6.45) is 5.32. The first-order valence-electron chi connectivity index (χ1n) is 6.32. The highest BCUT2D eigenvalue weighted by molar-refractivity contribution is 5.53. The van der Waals surface area contributed by atoms with E-state index in [0.29, 0.717) is 0 Å². The molecular formula is C14H21NO. The molecule has 0 bridgehead atoms. The Bertz CT molecular complexity index is 342. The van der Waals surface area contributed by atoms with Crippen LogP contribution < -0.4 is 5.32 Å². The van der Waals surface area contributed by atoms with E-state index in [2.05, 4.69) is 24.4 Å². The molecule has 16 heavy (non-hydrogen) atoms. The van der Waals surface area contributed by atoms with E-state index in [0.717, 1.165) is 43.5 Å². The summed E-state index contributed by atoms with van der Waals surface area (Å²) in [6.45, 7) is 2.98. The molecule has 0 aromatic heterocycles. The van der Waals surface area contributed by atoms with Gasteiger partial charge in [0.25, 0.3) is 0 Å². The quantitative estimate of drug-likeness (QED) is 0.817. The molecule has 0 aliphatic heterocycles. The van der Waals surface area contributed by atoms with Crippen LogP contribution in [0.25, 0.3) is 0 Å². The van der Waals surface area contributed by atoms with Crippen LogP contribution in [0.15, 0.2) is 24.3 Å². The van der Waals surface area contributed by atoms with Crippen molar-refractivity contribution in [1.82, 2.24) is 0 Å². The second-order valence-corrected chi connectivity index (χ2v) is 4.67. The number of aliphatic hydroxyl groups is 1. The Balaban J connectivity index is 2.30. The van der Waals surface area contributed by atoms with E-state index in [9.17, 15) is 5.11 Å². The first kappa shape index (κ1) is 11.5. The second-order valence-electron chi connectivity index (χ2n) is 4.67. The van der Waals surface area contributed by atoms with Crippen LogP contribution in [-0.4, -0.2) is 11.7 Å². The van der Waals surface area contributed by atoms with Crippen LogP contribution in [0.5, 0.6) is 0 Å². The van der Waals surface area contributed by atoms with Crippen LogP contribution in [0, 0.1) is 0 Å². The fourth-order valence-corrected chi connectivity index (χ4v) is 2.64. The Kier molecular flexibility index (Phi) is 3.49. The van der Waals surface area contributed by atoms with E-state index in [1.54, 1.807) is 0 Å². The average Bonchev–Trinajstić information content (AvgIpc) is 2.31. The highest BCUT2D eigenvalue weighted by Crippen LogP contribution is 2.40. The van der Waals surface area contributed by atoms with E-state index in [1.807, 2.05) is 12.1 Å². The Morgan fingerprint density at radius 1 is 1.19 bits per heavy atom. The largest absolute Gasteiger partial charge is 0.385 e. The Morgan fingerprint density at radius 3 is 2.56 bits per heavy atom. The predicted octanol–water partition coefficient (Wildman–Crippen LogP) is 3.27. The summed E-state index contributed by atoms with van der Waals surface area (Å²) >= 11 is 0. The molecule has 0 atom stereocenters. The molecule has 2 nitrogen and oxygen atoms in total. The highest BCUT2D eigenvalue weighted by atomic mass is 16.3. The second kappa shape index (κ2) is 4.88. The molecule has 2 rings (SSSR count). The standard InChI is InChI=1S/C14H21NO/c1-2-15-13-9-5-4-8-12(13)14(16)10-6-3-7-11-14/h4-5,8-9,15-16H,2-3,6-7,10-11H2,1H3. The summed E-state index contributed by atoms with van der Waals surface area (Å²) in [4.78, 5) is 0. The van der Waals surface area contributed by atoms with E-state index < -0.39 is 5.60 Å². The van der Waals surface area contributed by atoms with Gasteiger partial charge in [-0.15, -0.1) is 0 Å². The Morgan fingerprint density at radius 2 is 1.88 bits per heavy atom. The van der Waals surface area contributed by atoms with Gasteiger partial charge in [0.05, 0.1) is 5.60 Å². The highest BCUT2D eigenvalue weighted by Gasteiger charge is 2.32. The van der Waals surface area contributed by atoms with Crippen molar-refractivity contribution in [2.24, 2.45) is 0 Å². The minimum atomic E-state index is -0.600. The van der Waals surface area contributed by atoms with Crippen molar-refractivity contribution in [3.8, 4) is 0 Å². The van der Waals surface area contributed by atoms with E-state index in [-0.39, 0.29) is 0 Å². The molecule has 0 saturated heterocycles. The van der Waals surface area contributed by atoms with Crippen LogP contribution in [-0.2, 0) is 5.60 Å². The molecule has 88 valence electrons. The lowest BCUT2D eigenvalue weighted by Gasteiger charge is -2.34. The van der Waals surface area contributed by atoms with Gasteiger partial charge >= 0.3 is 0 Å². The fraction of sp³-hybridized carbons (Fsp3) is 0.571. The maximum absolute atomic E-state index is 10.7. The zero-order valence-corrected chi connectivity index (χ0v) is 10.00. The summed E-state index contributed by atoms with van der Waals surface area (Å²) in [5.41, 5.74) is 1.57. The number of hydrogen-bond donors (Lipinski definition) is 2. The molecule has 0 amide bonds. The summed E-state index contributed by atoms with van der Waals surface area (Å²) in [5, 5.41) is 14.0. The van der Waals surface area contributed by atoms with Crippen LogP contribution >= 0.6 is 0 Å². The molecular weight excluding hydrogens is 198 g/mol. The summed E-state index contributed by atoms with van der Waals surface area (Å²) in [7, 11) is 0. The minimum absolute atomic E-state index is 0.600. The zero-order valence-electron chi connectivity index (χ0n) is 10.00. The summed E-state index contributed by atoms with van der Waals surface area (Å²) in [5.74, 6) is 0. The van der Waals surface area contributed by atoms with Gasteiger partial charge < -0.3 is 10.4 Å². The molecule has 0 heterocycles. The number of hydrogen-bond acceptors (Lipinski definition) is 2. The molecule has 1 saturated carbocycles. The van der Waals surface area contributed by atoms with E-state index in [1.165, 1.54) is 6.42 Å². The van der Waals surface area contributed by atoms with Crippen molar-refractivity contribution in [3.63, 3.8) is 0 Å². The maximum Gasteiger partial charge on any atom is 0.0916 e. The molecule has 1 aliphatic rings. The van der Waals surface area contributed by atoms with E-state index in [4.69, 9.17) is 0 Å². The number of rotatable bonds is 3. The summed E-state index contributed by atoms with van der Waals surface area (Å²) in [6, 6.07) is 8.16. The van der Waals surface area contributed by atoms with Crippen LogP contribution in [0.1, 0.15) is 44.6 Å². The Labute approximate surface area is 97.7 Å². The van der Waals surface area contributed by atoms with Gasteiger partial charge in [0, 0.05) is 17.8 Å². The molecule has 2 N–H and O–H groups in total. The van der Waals surface area contributed by atoms with Crippen LogP contribution in [0.4, 0.5) is 5.69 Å². The van der Waals surface area contributed by atoms with Gasteiger partial charge in [-0.3, -0.25) is 0 Å².